The molecular weight excluding hydrogens is 307 g/mol. The molecule has 1 rings (SSSR count). The summed E-state index contributed by atoms with van der Waals surface area (Å²) in [6.45, 7) is 16.9. The van der Waals surface area contributed by atoms with E-state index >= 15 is 0 Å². The van der Waals surface area contributed by atoms with Crippen molar-refractivity contribution in [2.24, 2.45) is 4.99 Å². The van der Waals surface area contributed by atoms with Crippen LogP contribution in [-0.2, 0) is 18.8 Å². The van der Waals surface area contributed by atoms with E-state index in [2.05, 4.69) is 17.0 Å². The van der Waals surface area contributed by atoms with Gasteiger partial charge in [0.15, 0.2) is 6.61 Å². The highest BCUT2D eigenvalue weighted by molar-refractivity contribution is 6.55. The van der Waals surface area contributed by atoms with Crippen molar-refractivity contribution >= 4 is 19.7 Å². The molecule has 0 aromatic carbocycles. The first-order valence-electron chi connectivity index (χ1n) is 8.10. The summed E-state index contributed by atoms with van der Waals surface area (Å²) in [5, 5.41) is 2.77. The van der Waals surface area contributed by atoms with Gasteiger partial charge in [0.2, 0.25) is 0 Å². The van der Waals surface area contributed by atoms with Crippen LogP contribution in [0.4, 0.5) is 0 Å². The number of carbonyl (C=O) groups excluding carboxylic acids is 1. The number of aliphatic imine (C=N–C) groups is 1. The second-order valence-corrected chi connectivity index (χ2v) is 7.17. The standard InChI is InChI=1S/C17H29BN2O4/c1-12(2)20-15(21)11-22-13(3)9-14(10-19-8)18-23-16(4,5)17(6,7)24-18/h9-10,12H,8,11H2,1-7H3,(H,20,21)/b13-9+,14-10+. The van der Waals surface area contributed by atoms with E-state index in [-0.39, 0.29) is 18.6 Å². The van der Waals surface area contributed by atoms with Gasteiger partial charge in [-0.15, -0.1) is 0 Å². The first-order chi connectivity index (χ1) is 11.0. The Morgan fingerprint density at radius 1 is 1.29 bits per heavy atom. The second-order valence-electron chi connectivity index (χ2n) is 7.17. The Bertz CT molecular complexity index is 523. The van der Waals surface area contributed by atoms with Crippen LogP contribution in [0.3, 0.4) is 0 Å². The first kappa shape index (κ1) is 20.4. The maximum atomic E-state index is 11.6. The average Bonchev–Trinajstić information content (AvgIpc) is 2.64. The molecule has 0 bridgehead atoms. The van der Waals surface area contributed by atoms with E-state index < -0.39 is 18.3 Å². The molecular formula is C17H29BN2O4. The van der Waals surface area contributed by atoms with Gasteiger partial charge in [-0.2, -0.15) is 0 Å². The predicted molar refractivity (Wildman–Crippen MR) is 96.7 cm³/mol. The van der Waals surface area contributed by atoms with Crippen LogP contribution in [0.1, 0.15) is 48.5 Å². The molecule has 1 saturated heterocycles. The summed E-state index contributed by atoms with van der Waals surface area (Å²) in [6, 6.07) is 0.0792. The monoisotopic (exact) mass is 336 g/mol. The Labute approximate surface area is 145 Å². The fourth-order valence-electron chi connectivity index (χ4n) is 2.07. The van der Waals surface area contributed by atoms with Gasteiger partial charge in [0.05, 0.1) is 17.0 Å². The zero-order chi connectivity index (χ0) is 18.5. The molecule has 1 aliphatic heterocycles. The molecule has 1 N–H and O–H groups in total. The van der Waals surface area contributed by atoms with Gasteiger partial charge in [0, 0.05) is 17.7 Å². The van der Waals surface area contributed by atoms with Crippen LogP contribution in [0.15, 0.2) is 28.5 Å². The molecule has 0 aromatic rings. The number of hydrogen-bond donors (Lipinski definition) is 1. The first-order valence-corrected chi connectivity index (χ1v) is 8.10. The molecule has 134 valence electrons. The molecule has 1 fully saturated rings. The molecule has 1 heterocycles. The van der Waals surface area contributed by atoms with Gasteiger partial charge in [-0.05, 0) is 61.3 Å². The maximum absolute atomic E-state index is 11.6. The molecule has 0 unspecified atom stereocenters. The zero-order valence-electron chi connectivity index (χ0n) is 15.8. The van der Waals surface area contributed by atoms with Crippen molar-refractivity contribution in [2.75, 3.05) is 6.61 Å². The Kier molecular flexibility index (Phi) is 6.81. The van der Waals surface area contributed by atoms with E-state index in [1.807, 2.05) is 41.5 Å². The Hall–Kier alpha value is -1.60. The van der Waals surface area contributed by atoms with Crippen molar-refractivity contribution < 1.29 is 18.8 Å². The predicted octanol–water partition coefficient (Wildman–Crippen LogP) is 2.65. The van der Waals surface area contributed by atoms with Gasteiger partial charge in [-0.25, -0.2) is 0 Å². The highest BCUT2D eigenvalue weighted by Gasteiger charge is 2.52. The molecule has 1 amide bonds. The normalized spacial score (nSPS) is 20.2. The smallest absolute Gasteiger partial charge is 0.488 e. The Balaban J connectivity index is 2.78. The number of hydrogen-bond acceptors (Lipinski definition) is 5. The van der Waals surface area contributed by atoms with E-state index in [1.54, 1.807) is 19.2 Å². The third kappa shape index (κ3) is 5.49. The zero-order valence-corrected chi connectivity index (χ0v) is 15.8. The van der Waals surface area contributed by atoms with Crippen molar-refractivity contribution in [3.05, 3.63) is 23.5 Å². The fraction of sp³-hybridized carbons (Fsp3) is 0.647. The van der Waals surface area contributed by atoms with Crippen molar-refractivity contribution in [3.8, 4) is 0 Å². The topological polar surface area (TPSA) is 69.2 Å². The minimum absolute atomic E-state index is 0.0430. The summed E-state index contributed by atoms with van der Waals surface area (Å²) in [4.78, 5) is 15.5. The third-order valence-corrected chi connectivity index (χ3v) is 4.02. The molecule has 0 atom stereocenters. The molecule has 0 aliphatic carbocycles. The van der Waals surface area contributed by atoms with Crippen molar-refractivity contribution in [1.29, 1.82) is 0 Å². The van der Waals surface area contributed by atoms with Gasteiger partial charge >= 0.3 is 7.12 Å². The molecule has 0 spiro atoms. The number of carbonyl (C=O) groups is 1. The van der Waals surface area contributed by atoms with Crippen LogP contribution >= 0.6 is 0 Å². The van der Waals surface area contributed by atoms with Crippen LogP contribution in [0.5, 0.6) is 0 Å². The Morgan fingerprint density at radius 3 is 2.29 bits per heavy atom. The molecule has 1 aliphatic rings. The molecule has 0 aromatic heterocycles. The minimum atomic E-state index is -0.566. The van der Waals surface area contributed by atoms with E-state index in [0.717, 1.165) is 0 Å². The van der Waals surface area contributed by atoms with Gasteiger partial charge in [0.25, 0.3) is 5.91 Å². The number of nitrogens with one attached hydrogen (secondary N) is 1. The van der Waals surface area contributed by atoms with Crippen LogP contribution < -0.4 is 5.32 Å². The number of allylic oxidation sites excluding steroid dienone is 3. The molecule has 0 radical (unpaired) electrons. The lowest BCUT2D eigenvalue weighted by molar-refractivity contribution is -0.124. The second kappa shape index (κ2) is 7.99. The van der Waals surface area contributed by atoms with Crippen LogP contribution in [0.25, 0.3) is 0 Å². The number of nitrogens with zero attached hydrogens (tertiary/aromatic N) is 1. The lowest BCUT2D eigenvalue weighted by Crippen LogP contribution is -2.41. The fourth-order valence-corrected chi connectivity index (χ4v) is 2.07. The largest absolute Gasteiger partial charge is 0.496 e. The number of ether oxygens (including phenoxy) is 1. The highest BCUT2D eigenvalue weighted by atomic mass is 16.7. The van der Waals surface area contributed by atoms with Gasteiger partial charge in [-0.1, -0.05) is 0 Å². The average molecular weight is 336 g/mol. The van der Waals surface area contributed by atoms with E-state index in [9.17, 15) is 4.79 Å². The summed E-state index contributed by atoms with van der Waals surface area (Å²) in [6.07, 6.45) is 3.32. The Morgan fingerprint density at radius 2 is 1.83 bits per heavy atom. The van der Waals surface area contributed by atoms with Gasteiger partial charge in [0.1, 0.15) is 0 Å². The van der Waals surface area contributed by atoms with Crippen LogP contribution in [0.2, 0.25) is 0 Å². The van der Waals surface area contributed by atoms with E-state index in [0.29, 0.717) is 11.2 Å². The number of amides is 1. The van der Waals surface area contributed by atoms with E-state index in [1.165, 1.54) is 0 Å². The summed E-state index contributed by atoms with van der Waals surface area (Å²) < 4.78 is 17.5. The van der Waals surface area contributed by atoms with Crippen LogP contribution in [-0.4, -0.2) is 43.6 Å². The summed E-state index contributed by atoms with van der Waals surface area (Å²) >= 11 is 0. The van der Waals surface area contributed by atoms with E-state index in [4.69, 9.17) is 14.0 Å². The third-order valence-electron chi connectivity index (χ3n) is 4.02. The maximum Gasteiger partial charge on any atom is 0.496 e. The lowest BCUT2D eigenvalue weighted by Gasteiger charge is -2.32. The van der Waals surface area contributed by atoms with Gasteiger partial charge < -0.3 is 19.4 Å². The quantitative estimate of drug-likeness (QED) is 0.336. The number of rotatable bonds is 7. The van der Waals surface area contributed by atoms with Crippen LogP contribution in [0, 0.1) is 0 Å². The minimum Gasteiger partial charge on any atom is -0.488 e. The van der Waals surface area contributed by atoms with Crippen molar-refractivity contribution in [1.82, 2.24) is 5.32 Å². The lowest BCUT2D eigenvalue weighted by atomic mass is 9.78. The summed E-state index contributed by atoms with van der Waals surface area (Å²) in [5.41, 5.74) is -0.208. The highest BCUT2D eigenvalue weighted by Crippen LogP contribution is 2.38. The molecule has 6 nitrogen and oxygen atoms in total. The molecule has 7 heteroatoms. The molecule has 24 heavy (non-hydrogen) atoms. The van der Waals surface area contributed by atoms with Crippen molar-refractivity contribution in [3.63, 3.8) is 0 Å². The molecule has 0 saturated carbocycles. The summed E-state index contributed by atoms with van der Waals surface area (Å²) in [7, 11) is -0.566. The SMILES string of the molecule is C=N/C=C(\C=C(/C)OCC(=O)NC(C)C)B1OC(C)(C)C(C)(C)O1. The van der Waals surface area contributed by atoms with Crippen molar-refractivity contribution in [2.45, 2.75) is 65.7 Å². The van der Waals surface area contributed by atoms with Gasteiger partial charge in [-0.3, -0.25) is 9.79 Å². The summed E-state index contributed by atoms with van der Waals surface area (Å²) in [5.74, 6) is 0.402.